The van der Waals surface area contributed by atoms with E-state index in [1.54, 1.807) is 31.6 Å². The number of amides is 1. The fraction of sp³-hybridized carbons (Fsp3) is 0.273. The van der Waals surface area contributed by atoms with E-state index < -0.39 is 11.5 Å². The van der Waals surface area contributed by atoms with Gasteiger partial charge in [-0.2, -0.15) is 0 Å². The van der Waals surface area contributed by atoms with Gasteiger partial charge in [0.1, 0.15) is 11.2 Å². The lowest BCUT2D eigenvalue weighted by Crippen LogP contribution is -2.20. The van der Waals surface area contributed by atoms with Gasteiger partial charge in [0.05, 0.1) is 37.0 Å². The second kappa shape index (κ2) is 8.35. The Morgan fingerprint density at radius 3 is 2.74 bits per heavy atom. The predicted molar refractivity (Wildman–Crippen MR) is 117 cm³/mol. The summed E-state index contributed by atoms with van der Waals surface area (Å²) < 4.78 is 15.8. The van der Waals surface area contributed by atoms with E-state index in [1.165, 1.54) is 11.3 Å². The molecular weight excluding hydrogens is 420 g/mol. The summed E-state index contributed by atoms with van der Waals surface area (Å²) in [5.41, 5.74) is 2.95. The van der Waals surface area contributed by atoms with Gasteiger partial charge in [-0.3, -0.25) is 9.59 Å². The number of rotatable bonds is 6. The maximum Gasteiger partial charge on any atom is 0.340 e. The second-order valence-electron chi connectivity index (χ2n) is 7.11. The first-order valence-corrected chi connectivity index (χ1v) is 10.6. The van der Waals surface area contributed by atoms with Crippen LogP contribution in [0.2, 0.25) is 0 Å². The normalized spacial score (nSPS) is 11.2. The first kappa shape index (κ1) is 20.8. The van der Waals surface area contributed by atoms with Crippen molar-refractivity contribution in [3.8, 4) is 0 Å². The largest absolute Gasteiger partial charge is 0.466 e. The fourth-order valence-electron chi connectivity index (χ4n) is 3.37. The zero-order chi connectivity index (χ0) is 22.1. The quantitative estimate of drug-likeness (QED) is 0.357. The fourth-order valence-corrected chi connectivity index (χ4v) is 4.10. The Morgan fingerprint density at radius 1 is 1.16 bits per heavy atom. The van der Waals surface area contributed by atoms with Crippen molar-refractivity contribution in [2.75, 3.05) is 11.9 Å². The number of carbonyl (C=O) groups is 2. The smallest absolute Gasteiger partial charge is 0.340 e. The predicted octanol–water partition coefficient (Wildman–Crippen LogP) is 3.90. The van der Waals surface area contributed by atoms with E-state index in [0.717, 1.165) is 16.3 Å². The van der Waals surface area contributed by atoms with Crippen molar-refractivity contribution in [1.29, 1.82) is 0 Å². The molecule has 0 atom stereocenters. The number of hydrogen-bond acceptors (Lipinski definition) is 8. The summed E-state index contributed by atoms with van der Waals surface area (Å²) in [6.45, 7) is 5.76. The summed E-state index contributed by atoms with van der Waals surface area (Å²) in [7, 11) is 0. The van der Waals surface area contributed by atoms with Crippen molar-refractivity contribution < 1.29 is 23.2 Å². The summed E-state index contributed by atoms with van der Waals surface area (Å²) in [5.74, 6) is -0.774. The van der Waals surface area contributed by atoms with Crippen LogP contribution in [0.4, 0.5) is 5.13 Å². The van der Waals surface area contributed by atoms with Gasteiger partial charge in [0.2, 0.25) is 5.91 Å². The Morgan fingerprint density at radius 2 is 1.97 bits per heavy atom. The topological polar surface area (TPSA) is 112 Å². The lowest BCUT2D eigenvalue weighted by molar-refractivity contribution is -0.142. The molecule has 0 aliphatic rings. The molecule has 4 rings (SSSR count). The number of ether oxygens (including phenoxy) is 1. The molecule has 4 aromatic rings. The van der Waals surface area contributed by atoms with Gasteiger partial charge in [0.25, 0.3) is 0 Å². The Bertz CT molecular complexity index is 1360. The van der Waals surface area contributed by atoms with Gasteiger partial charge in [0, 0.05) is 22.2 Å². The number of fused-ring (bicyclic) bond motifs is 2. The van der Waals surface area contributed by atoms with Crippen LogP contribution in [0, 0.1) is 13.8 Å². The van der Waals surface area contributed by atoms with Crippen LogP contribution in [0.1, 0.15) is 29.3 Å². The number of hydrogen-bond donors (Lipinski definition) is 1. The van der Waals surface area contributed by atoms with E-state index in [9.17, 15) is 14.4 Å². The zero-order valence-electron chi connectivity index (χ0n) is 17.2. The summed E-state index contributed by atoms with van der Waals surface area (Å²) in [5, 5.41) is 6.39. The number of carbonyl (C=O) groups excluding carboxylic acids is 2. The minimum Gasteiger partial charge on any atom is -0.466 e. The molecule has 0 fully saturated rings. The molecule has 0 saturated carbocycles. The first-order chi connectivity index (χ1) is 14.9. The third-order valence-electron chi connectivity index (χ3n) is 4.94. The van der Waals surface area contributed by atoms with Crippen LogP contribution in [0.15, 0.2) is 37.4 Å². The maximum absolute atomic E-state index is 12.5. The summed E-state index contributed by atoms with van der Waals surface area (Å²) in [6.07, 6.45) is 1.53. The van der Waals surface area contributed by atoms with E-state index in [1.807, 2.05) is 13.0 Å². The van der Waals surface area contributed by atoms with Crippen LogP contribution >= 0.6 is 11.3 Å². The molecule has 0 unspecified atom stereocenters. The van der Waals surface area contributed by atoms with Gasteiger partial charge < -0.3 is 18.9 Å². The van der Waals surface area contributed by atoms with Gasteiger partial charge in [-0.25, -0.2) is 9.78 Å². The number of nitrogens with zero attached hydrogens (tertiary/aromatic N) is 1. The summed E-state index contributed by atoms with van der Waals surface area (Å²) in [6, 6.07) is 3.60. The van der Waals surface area contributed by atoms with Crippen molar-refractivity contribution >= 4 is 50.3 Å². The minimum atomic E-state index is -0.565. The number of furan rings is 1. The van der Waals surface area contributed by atoms with Crippen molar-refractivity contribution in [2.45, 2.75) is 33.6 Å². The van der Waals surface area contributed by atoms with Crippen molar-refractivity contribution in [3.05, 3.63) is 56.6 Å². The van der Waals surface area contributed by atoms with Gasteiger partial charge in [0.15, 0.2) is 5.13 Å². The number of thiazole rings is 1. The van der Waals surface area contributed by atoms with Crippen molar-refractivity contribution in [1.82, 2.24) is 4.98 Å². The minimum absolute atomic E-state index is 0.0372. The number of esters is 1. The SMILES string of the molecule is CCOC(=O)Cc1csc(NC(=O)Cc2c(C)c3cc4c(C)coc4cc3oc2=O)n1. The molecule has 1 amide bonds. The van der Waals surface area contributed by atoms with E-state index in [-0.39, 0.29) is 24.4 Å². The molecule has 160 valence electrons. The molecule has 0 radical (unpaired) electrons. The van der Waals surface area contributed by atoms with Gasteiger partial charge in [-0.1, -0.05) is 0 Å². The molecule has 3 heterocycles. The highest BCUT2D eigenvalue weighted by Gasteiger charge is 2.18. The average molecular weight is 440 g/mol. The lowest BCUT2D eigenvalue weighted by atomic mass is 10.0. The Hall–Kier alpha value is -3.46. The highest BCUT2D eigenvalue weighted by Crippen LogP contribution is 2.29. The molecule has 0 saturated heterocycles. The second-order valence-corrected chi connectivity index (χ2v) is 7.97. The highest BCUT2D eigenvalue weighted by molar-refractivity contribution is 7.13. The molecule has 0 aliphatic heterocycles. The molecule has 31 heavy (non-hydrogen) atoms. The van der Waals surface area contributed by atoms with E-state index >= 15 is 0 Å². The Balaban J connectivity index is 1.55. The Labute approximate surface area is 180 Å². The monoisotopic (exact) mass is 440 g/mol. The summed E-state index contributed by atoms with van der Waals surface area (Å²) >= 11 is 1.20. The highest BCUT2D eigenvalue weighted by atomic mass is 32.1. The van der Waals surface area contributed by atoms with Crippen LogP contribution in [0.5, 0.6) is 0 Å². The third-order valence-corrected chi connectivity index (χ3v) is 5.75. The summed E-state index contributed by atoms with van der Waals surface area (Å²) in [4.78, 5) is 40.9. The zero-order valence-corrected chi connectivity index (χ0v) is 18.1. The third kappa shape index (κ3) is 4.22. The molecule has 8 nitrogen and oxygen atoms in total. The Kier molecular flexibility index (Phi) is 5.60. The molecule has 0 spiro atoms. The molecular formula is C22H20N2O6S. The van der Waals surface area contributed by atoms with E-state index in [2.05, 4.69) is 10.3 Å². The number of nitrogens with one attached hydrogen (secondary N) is 1. The van der Waals surface area contributed by atoms with Gasteiger partial charge in [-0.15, -0.1) is 11.3 Å². The molecule has 1 aromatic carbocycles. The molecule has 0 aliphatic carbocycles. The molecule has 0 bridgehead atoms. The van der Waals surface area contributed by atoms with Crippen LogP contribution < -0.4 is 10.9 Å². The lowest BCUT2D eigenvalue weighted by Gasteiger charge is -2.08. The van der Waals surface area contributed by atoms with Crippen LogP contribution in [-0.2, 0) is 27.2 Å². The number of benzene rings is 1. The molecule has 1 N–H and O–H groups in total. The standard InChI is InChI=1S/C22H20N2O6S/c1-4-28-20(26)5-13-10-31-22(23-13)24-19(25)7-16-12(3)15-6-14-11(2)9-29-17(14)8-18(15)30-21(16)27/h6,8-10H,4-5,7H2,1-3H3,(H,23,24,25). The number of aryl methyl sites for hydroxylation is 2. The van der Waals surface area contributed by atoms with Gasteiger partial charge in [-0.05, 0) is 38.0 Å². The maximum atomic E-state index is 12.5. The van der Waals surface area contributed by atoms with E-state index in [0.29, 0.717) is 34.2 Å². The van der Waals surface area contributed by atoms with E-state index in [4.69, 9.17) is 13.6 Å². The first-order valence-electron chi connectivity index (χ1n) is 9.69. The van der Waals surface area contributed by atoms with Crippen molar-refractivity contribution in [2.24, 2.45) is 0 Å². The van der Waals surface area contributed by atoms with Crippen LogP contribution in [0.3, 0.4) is 0 Å². The van der Waals surface area contributed by atoms with Crippen LogP contribution in [-0.4, -0.2) is 23.5 Å². The van der Waals surface area contributed by atoms with Crippen molar-refractivity contribution in [3.63, 3.8) is 0 Å². The average Bonchev–Trinajstić information content (AvgIpc) is 3.30. The number of aromatic nitrogens is 1. The molecule has 9 heteroatoms. The number of anilines is 1. The molecule has 3 aromatic heterocycles. The van der Waals surface area contributed by atoms with Gasteiger partial charge >= 0.3 is 11.6 Å². The van der Waals surface area contributed by atoms with Crippen LogP contribution in [0.25, 0.3) is 21.9 Å².